The minimum absolute atomic E-state index is 0.0350. The van der Waals surface area contributed by atoms with E-state index in [1.807, 2.05) is 0 Å². The zero-order chi connectivity index (χ0) is 24.2. The van der Waals surface area contributed by atoms with Gasteiger partial charge in [0.05, 0.1) is 0 Å². The van der Waals surface area contributed by atoms with E-state index < -0.39 is 29.8 Å². The molecular formula is C19H19F6N7O. The molecule has 1 aliphatic rings. The smallest absolute Gasteiger partial charge is 0.396 e. The molecule has 0 bridgehead atoms. The summed E-state index contributed by atoms with van der Waals surface area (Å²) >= 11 is 0. The highest BCUT2D eigenvalue weighted by molar-refractivity contribution is 5.54. The number of hydrogen-bond donors (Lipinski definition) is 4. The number of nitrogens with zero attached hydrogens (tertiary/aromatic N) is 4. The van der Waals surface area contributed by atoms with Crippen molar-refractivity contribution in [3.8, 4) is 0 Å². The van der Waals surface area contributed by atoms with E-state index in [-0.39, 0.29) is 42.5 Å². The fraction of sp³-hybridized carbons (Fsp3) is 0.368. The molecule has 14 heteroatoms. The van der Waals surface area contributed by atoms with E-state index in [2.05, 4.69) is 35.9 Å². The number of rotatable bonds is 7. The zero-order valence-corrected chi connectivity index (χ0v) is 17.0. The summed E-state index contributed by atoms with van der Waals surface area (Å²) in [6.45, 7) is 1.82. The lowest BCUT2D eigenvalue weighted by molar-refractivity contribution is -0.141. The molecule has 0 fully saturated rings. The molecule has 0 spiro atoms. The second-order valence-corrected chi connectivity index (χ2v) is 7.15. The lowest BCUT2D eigenvalue weighted by Gasteiger charge is -2.23. The van der Waals surface area contributed by atoms with E-state index in [0.717, 1.165) is 18.3 Å². The summed E-state index contributed by atoms with van der Waals surface area (Å²) in [6, 6.07) is 0.922. The Morgan fingerprint density at radius 3 is 2.48 bits per heavy atom. The van der Waals surface area contributed by atoms with Crippen molar-refractivity contribution in [3.63, 3.8) is 0 Å². The maximum absolute atomic E-state index is 13.1. The number of hydrogen-bond acceptors (Lipinski definition) is 8. The SMILES string of the molecule is CC(CO)CNc1nc(Nc2ccnc(C(F)(F)F)c2)nc(C2C=CC=C(C(F)(F)F)N2)n1. The van der Waals surface area contributed by atoms with Crippen molar-refractivity contribution in [3.05, 3.63) is 53.8 Å². The van der Waals surface area contributed by atoms with Crippen LogP contribution in [0.25, 0.3) is 0 Å². The maximum atomic E-state index is 13.1. The first-order valence-electron chi connectivity index (χ1n) is 9.59. The summed E-state index contributed by atoms with van der Waals surface area (Å²) in [5, 5.41) is 16.9. The van der Waals surface area contributed by atoms with Gasteiger partial charge in [-0.2, -0.15) is 41.3 Å². The third kappa shape index (κ3) is 6.54. The van der Waals surface area contributed by atoms with Crippen molar-refractivity contribution in [1.82, 2.24) is 25.3 Å². The Kier molecular flexibility index (Phi) is 7.05. The highest BCUT2D eigenvalue weighted by atomic mass is 19.4. The van der Waals surface area contributed by atoms with E-state index in [9.17, 15) is 31.4 Å². The van der Waals surface area contributed by atoms with Crippen molar-refractivity contribution in [2.45, 2.75) is 25.3 Å². The molecular weight excluding hydrogens is 456 g/mol. The van der Waals surface area contributed by atoms with Crippen LogP contribution in [0.3, 0.4) is 0 Å². The first-order chi connectivity index (χ1) is 15.5. The number of nitrogens with one attached hydrogen (secondary N) is 3. The molecule has 0 amide bonds. The van der Waals surface area contributed by atoms with Crippen LogP contribution < -0.4 is 16.0 Å². The number of allylic oxidation sites excluding steroid dienone is 3. The predicted octanol–water partition coefficient (Wildman–Crippen LogP) is 3.72. The number of pyridine rings is 1. The molecule has 0 radical (unpaired) electrons. The first-order valence-corrected chi connectivity index (χ1v) is 9.59. The van der Waals surface area contributed by atoms with Crippen molar-refractivity contribution < 1.29 is 31.4 Å². The minimum atomic E-state index is -4.67. The fourth-order valence-electron chi connectivity index (χ4n) is 2.64. The first kappa shape index (κ1) is 24.2. The number of aromatic nitrogens is 4. The van der Waals surface area contributed by atoms with Gasteiger partial charge in [-0.05, 0) is 24.1 Å². The molecule has 0 aliphatic carbocycles. The van der Waals surface area contributed by atoms with E-state index in [1.165, 1.54) is 18.2 Å². The van der Waals surface area contributed by atoms with Crippen LogP contribution in [0.5, 0.6) is 0 Å². The number of aliphatic hydroxyl groups is 1. The van der Waals surface area contributed by atoms with Crippen LogP contribution in [0.15, 0.2) is 42.3 Å². The highest BCUT2D eigenvalue weighted by Gasteiger charge is 2.36. The molecule has 3 rings (SSSR count). The van der Waals surface area contributed by atoms with Crippen LogP contribution in [0.4, 0.5) is 43.9 Å². The van der Waals surface area contributed by atoms with E-state index in [1.54, 1.807) is 6.92 Å². The van der Waals surface area contributed by atoms with Gasteiger partial charge in [0.25, 0.3) is 0 Å². The van der Waals surface area contributed by atoms with Gasteiger partial charge >= 0.3 is 12.4 Å². The van der Waals surface area contributed by atoms with Crippen LogP contribution >= 0.6 is 0 Å². The summed E-state index contributed by atoms with van der Waals surface area (Å²) in [4.78, 5) is 15.5. The van der Waals surface area contributed by atoms with Gasteiger partial charge in [0.15, 0.2) is 5.82 Å². The monoisotopic (exact) mass is 475 g/mol. The summed E-state index contributed by atoms with van der Waals surface area (Å²) < 4.78 is 78.1. The molecule has 2 atom stereocenters. The molecule has 0 aromatic carbocycles. The maximum Gasteiger partial charge on any atom is 0.433 e. The normalized spacial score (nSPS) is 17.2. The van der Waals surface area contributed by atoms with Gasteiger partial charge < -0.3 is 21.1 Å². The predicted molar refractivity (Wildman–Crippen MR) is 106 cm³/mol. The van der Waals surface area contributed by atoms with Gasteiger partial charge in [-0.25, -0.2) is 0 Å². The van der Waals surface area contributed by atoms with Gasteiger partial charge in [0, 0.05) is 25.0 Å². The Morgan fingerprint density at radius 1 is 1.09 bits per heavy atom. The van der Waals surface area contributed by atoms with E-state index in [4.69, 9.17) is 0 Å². The molecule has 0 saturated carbocycles. The molecule has 2 unspecified atom stereocenters. The Balaban J connectivity index is 1.92. The fourth-order valence-corrected chi connectivity index (χ4v) is 2.64. The van der Waals surface area contributed by atoms with E-state index >= 15 is 0 Å². The Hall–Kier alpha value is -3.42. The van der Waals surface area contributed by atoms with Crippen LogP contribution in [-0.4, -0.2) is 44.4 Å². The molecule has 33 heavy (non-hydrogen) atoms. The average molecular weight is 475 g/mol. The number of aliphatic hydroxyl groups excluding tert-OH is 1. The minimum Gasteiger partial charge on any atom is -0.396 e. The van der Waals surface area contributed by atoms with Gasteiger partial charge in [-0.1, -0.05) is 19.1 Å². The standard InChI is InChI=1S/C19H19F6N7O/c1-10(9-33)8-27-16-30-15(12-3-2-4-13(29-12)18(20,21)22)31-17(32-16)28-11-5-6-26-14(7-11)19(23,24)25/h2-7,10,12,29,33H,8-9H2,1H3,(H2,26,27,28,30,31,32). The molecule has 8 nitrogen and oxygen atoms in total. The van der Waals surface area contributed by atoms with Crippen LogP contribution in [-0.2, 0) is 6.18 Å². The molecule has 3 heterocycles. The highest BCUT2D eigenvalue weighted by Crippen LogP contribution is 2.31. The average Bonchev–Trinajstić information content (AvgIpc) is 2.76. The Bertz CT molecular complexity index is 1040. The summed E-state index contributed by atoms with van der Waals surface area (Å²) in [6.07, 6.45) is -4.91. The Morgan fingerprint density at radius 2 is 1.82 bits per heavy atom. The van der Waals surface area contributed by atoms with E-state index in [0.29, 0.717) is 0 Å². The zero-order valence-electron chi connectivity index (χ0n) is 17.0. The largest absolute Gasteiger partial charge is 0.433 e. The van der Waals surface area contributed by atoms with Gasteiger partial charge in [0.2, 0.25) is 11.9 Å². The third-order valence-corrected chi connectivity index (χ3v) is 4.34. The second-order valence-electron chi connectivity index (χ2n) is 7.15. The number of halogens is 6. The summed E-state index contributed by atoms with van der Waals surface area (Å²) in [5.74, 6) is -0.533. The third-order valence-electron chi connectivity index (χ3n) is 4.34. The Labute approximate surface area is 183 Å². The lowest BCUT2D eigenvalue weighted by atomic mass is 10.1. The molecule has 2 aromatic rings. The number of dihydropyridines is 1. The van der Waals surface area contributed by atoms with Gasteiger partial charge in [-0.3, -0.25) is 4.98 Å². The van der Waals surface area contributed by atoms with Gasteiger partial charge in [0.1, 0.15) is 17.4 Å². The van der Waals surface area contributed by atoms with Crippen LogP contribution in [0.2, 0.25) is 0 Å². The topological polar surface area (TPSA) is 108 Å². The number of anilines is 3. The molecule has 4 N–H and O–H groups in total. The van der Waals surface area contributed by atoms with Crippen molar-refractivity contribution >= 4 is 17.6 Å². The van der Waals surface area contributed by atoms with Crippen molar-refractivity contribution in [2.24, 2.45) is 5.92 Å². The second kappa shape index (κ2) is 9.60. The molecule has 2 aromatic heterocycles. The molecule has 0 saturated heterocycles. The van der Waals surface area contributed by atoms with Crippen molar-refractivity contribution in [1.29, 1.82) is 0 Å². The van der Waals surface area contributed by atoms with Crippen LogP contribution in [0.1, 0.15) is 24.5 Å². The molecule has 1 aliphatic heterocycles. The van der Waals surface area contributed by atoms with Crippen molar-refractivity contribution in [2.75, 3.05) is 23.8 Å². The number of alkyl halides is 6. The lowest BCUT2D eigenvalue weighted by Crippen LogP contribution is -2.32. The quantitative estimate of drug-likeness (QED) is 0.449. The van der Waals surface area contributed by atoms with Gasteiger partial charge in [-0.15, -0.1) is 0 Å². The van der Waals surface area contributed by atoms with Crippen LogP contribution in [0, 0.1) is 5.92 Å². The molecule has 178 valence electrons. The summed E-state index contributed by atoms with van der Waals surface area (Å²) in [5.41, 5.74) is -2.18. The summed E-state index contributed by atoms with van der Waals surface area (Å²) in [7, 11) is 0.